The molecular formula is C20H20ClF3N2O4S. The number of pyridine rings is 1. The Kier molecular flexibility index (Phi) is 6.80. The van der Waals surface area contributed by atoms with E-state index in [0.717, 1.165) is 30.0 Å². The lowest BCUT2D eigenvalue weighted by molar-refractivity contribution is -0.137. The van der Waals surface area contributed by atoms with E-state index in [9.17, 15) is 26.4 Å². The molecule has 0 N–H and O–H groups in total. The first-order valence-electron chi connectivity index (χ1n) is 9.48. The fourth-order valence-electron chi connectivity index (χ4n) is 3.50. The SMILES string of the molecule is COC(=O)c1ccc(S(=O)(=O)N(CC2CCCC2)c2ncc(C(F)(F)F)cc2Cl)cc1. The maximum Gasteiger partial charge on any atom is 0.417 e. The zero-order valence-corrected chi connectivity index (χ0v) is 18.1. The number of hydrogen-bond acceptors (Lipinski definition) is 5. The third-order valence-corrected chi connectivity index (χ3v) is 7.20. The van der Waals surface area contributed by atoms with Crippen molar-refractivity contribution in [3.05, 3.63) is 52.7 Å². The number of nitrogens with zero attached hydrogens (tertiary/aromatic N) is 2. The second kappa shape index (κ2) is 9.04. The molecule has 3 rings (SSSR count). The number of methoxy groups -OCH3 is 1. The van der Waals surface area contributed by atoms with Crippen molar-refractivity contribution in [2.24, 2.45) is 5.92 Å². The summed E-state index contributed by atoms with van der Waals surface area (Å²) in [7, 11) is -3.01. The zero-order valence-electron chi connectivity index (χ0n) is 16.5. The first-order valence-corrected chi connectivity index (χ1v) is 11.3. The molecule has 0 spiro atoms. The molecule has 1 aliphatic rings. The van der Waals surface area contributed by atoms with Gasteiger partial charge in [-0.15, -0.1) is 0 Å². The number of anilines is 1. The molecule has 2 aromatic rings. The van der Waals surface area contributed by atoms with Gasteiger partial charge in [0.05, 0.1) is 28.2 Å². The van der Waals surface area contributed by atoms with E-state index in [1.54, 1.807) is 0 Å². The molecule has 1 saturated carbocycles. The highest BCUT2D eigenvalue weighted by Gasteiger charge is 2.35. The summed E-state index contributed by atoms with van der Waals surface area (Å²) < 4.78 is 71.3. The molecule has 0 amide bonds. The van der Waals surface area contributed by atoms with E-state index in [0.29, 0.717) is 12.3 Å². The van der Waals surface area contributed by atoms with Crippen molar-refractivity contribution < 1.29 is 31.1 Å². The Morgan fingerprint density at radius 2 is 1.84 bits per heavy atom. The van der Waals surface area contributed by atoms with E-state index in [2.05, 4.69) is 9.72 Å². The summed E-state index contributed by atoms with van der Waals surface area (Å²) in [5.41, 5.74) is -0.906. The van der Waals surface area contributed by atoms with E-state index in [4.69, 9.17) is 11.6 Å². The fraction of sp³-hybridized carbons (Fsp3) is 0.400. The Labute approximate surface area is 183 Å². The van der Waals surface area contributed by atoms with Crippen LogP contribution in [0.5, 0.6) is 0 Å². The predicted octanol–water partition coefficient (Wildman–Crippen LogP) is 4.93. The summed E-state index contributed by atoms with van der Waals surface area (Å²) in [5, 5.41) is -0.414. The highest BCUT2D eigenvalue weighted by molar-refractivity contribution is 7.92. The Bertz CT molecular complexity index is 1050. The molecule has 168 valence electrons. The van der Waals surface area contributed by atoms with E-state index < -0.39 is 32.8 Å². The molecule has 0 aliphatic heterocycles. The van der Waals surface area contributed by atoms with Gasteiger partial charge in [-0.1, -0.05) is 24.4 Å². The Hall–Kier alpha value is -2.33. The predicted molar refractivity (Wildman–Crippen MR) is 109 cm³/mol. The van der Waals surface area contributed by atoms with Gasteiger partial charge in [0.2, 0.25) is 0 Å². The second-order valence-electron chi connectivity index (χ2n) is 7.23. The zero-order chi connectivity index (χ0) is 22.8. The number of rotatable bonds is 6. The maximum atomic E-state index is 13.4. The summed E-state index contributed by atoms with van der Waals surface area (Å²) in [6, 6.07) is 5.74. The lowest BCUT2D eigenvalue weighted by Crippen LogP contribution is -2.36. The summed E-state index contributed by atoms with van der Waals surface area (Å²) in [6.07, 6.45) is -0.606. The van der Waals surface area contributed by atoms with Crippen molar-refractivity contribution in [1.29, 1.82) is 0 Å². The first kappa shape index (κ1) is 23.3. The normalized spacial score (nSPS) is 15.1. The van der Waals surface area contributed by atoms with Crippen LogP contribution in [-0.4, -0.2) is 33.0 Å². The van der Waals surface area contributed by atoms with Crippen molar-refractivity contribution in [2.75, 3.05) is 18.0 Å². The molecule has 0 atom stereocenters. The van der Waals surface area contributed by atoms with Gasteiger partial charge in [-0.2, -0.15) is 13.2 Å². The molecule has 11 heteroatoms. The van der Waals surface area contributed by atoms with Crippen LogP contribution in [0.4, 0.5) is 19.0 Å². The number of carbonyl (C=O) groups excluding carboxylic acids is 1. The van der Waals surface area contributed by atoms with Gasteiger partial charge in [0.15, 0.2) is 5.82 Å². The fourth-order valence-corrected chi connectivity index (χ4v) is 5.34. The molecule has 1 fully saturated rings. The highest BCUT2D eigenvalue weighted by atomic mass is 35.5. The lowest BCUT2D eigenvalue weighted by Gasteiger charge is -2.27. The van der Waals surface area contributed by atoms with Crippen LogP contribution in [0.15, 0.2) is 41.4 Å². The molecule has 1 heterocycles. The average Bonchev–Trinajstić information content (AvgIpc) is 3.24. The quantitative estimate of drug-likeness (QED) is 0.553. The molecule has 0 radical (unpaired) electrons. The van der Waals surface area contributed by atoms with Crippen LogP contribution in [0.2, 0.25) is 5.02 Å². The second-order valence-corrected chi connectivity index (χ2v) is 9.50. The number of halogens is 4. The summed E-state index contributed by atoms with van der Waals surface area (Å²) in [6.45, 7) is 0.0408. The lowest BCUT2D eigenvalue weighted by atomic mass is 10.1. The van der Waals surface area contributed by atoms with Gasteiger partial charge in [-0.25, -0.2) is 22.5 Å². The third kappa shape index (κ3) is 5.12. The summed E-state index contributed by atoms with van der Waals surface area (Å²) >= 11 is 6.06. The number of ether oxygens (including phenoxy) is 1. The largest absolute Gasteiger partial charge is 0.465 e. The molecular weight excluding hydrogens is 457 g/mol. The highest BCUT2D eigenvalue weighted by Crippen LogP contribution is 2.37. The van der Waals surface area contributed by atoms with Gasteiger partial charge >= 0.3 is 12.1 Å². The van der Waals surface area contributed by atoms with Crippen LogP contribution >= 0.6 is 11.6 Å². The summed E-state index contributed by atoms with van der Waals surface area (Å²) in [5.74, 6) is -0.859. The number of esters is 1. The molecule has 0 bridgehead atoms. The standard InChI is InChI=1S/C20H20ClF3N2O4S/c1-30-19(27)14-6-8-16(9-7-14)31(28,29)26(12-13-4-2-3-5-13)18-17(21)10-15(11-25-18)20(22,23)24/h6-11,13H,2-5,12H2,1H3. The minimum atomic E-state index is -4.66. The molecule has 31 heavy (non-hydrogen) atoms. The molecule has 1 aromatic heterocycles. The van der Waals surface area contributed by atoms with Crippen LogP contribution < -0.4 is 4.31 Å². The number of alkyl halides is 3. The topological polar surface area (TPSA) is 76.6 Å². The van der Waals surface area contributed by atoms with Crippen molar-refractivity contribution in [1.82, 2.24) is 4.98 Å². The van der Waals surface area contributed by atoms with Gasteiger partial charge in [-0.05, 0) is 49.1 Å². The van der Waals surface area contributed by atoms with Gasteiger partial charge in [0.1, 0.15) is 0 Å². The maximum absolute atomic E-state index is 13.4. The average molecular weight is 477 g/mol. The molecule has 0 unspecified atom stereocenters. The van der Waals surface area contributed by atoms with E-state index in [-0.39, 0.29) is 28.7 Å². The van der Waals surface area contributed by atoms with Crippen molar-refractivity contribution in [2.45, 2.75) is 36.8 Å². The monoisotopic (exact) mass is 476 g/mol. The molecule has 1 aliphatic carbocycles. The minimum Gasteiger partial charge on any atom is -0.465 e. The van der Waals surface area contributed by atoms with Gasteiger partial charge in [-0.3, -0.25) is 0 Å². The molecule has 6 nitrogen and oxygen atoms in total. The number of hydrogen-bond donors (Lipinski definition) is 0. The Morgan fingerprint density at radius 3 is 2.35 bits per heavy atom. The van der Waals surface area contributed by atoms with Crippen molar-refractivity contribution >= 4 is 33.4 Å². The number of sulfonamides is 1. The number of aromatic nitrogens is 1. The van der Waals surface area contributed by atoms with E-state index >= 15 is 0 Å². The van der Waals surface area contributed by atoms with Crippen LogP contribution in [-0.2, 0) is 20.9 Å². The smallest absolute Gasteiger partial charge is 0.417 e. The minimum absolute atomic E-state index is 0.0317. The van der Waals surface area contributed by atoms with Crippen LogP contribution in [0.25, 0.3) is 0 Å². The number of carbonyl (C=O) groups is 1. The van der Waals surface area contributed by atoms with E-state index in [1.807, 2.05) is 0 Å². The third-order valence-electron chi connectivity index (χ3n) is 5.15. The van der Waals surface area contributed by atoms with E-state index in [1.165, 1.54) is 31.4 Å². The van der Waals surface area contributed by atoms with Crippen LogP contribution in [0.1, 0.15) is 41.6 Å². The number of benzene rings is 1. The molecule has 0 saturated heterocycles. The van der Waals surface area contributed by atoms with Crippen LogP contribution in [0.3, 0.4) is 0 Å². The van der Waals surface area contributed by atoms with Crippen LogP contribution in [0, 0.1) is 5.92 Å². The Balaban J connectivity index is 2.03. The summed E-state index contributed by atoms with van der Waals surface area (Å²) in [4.78, 5) is 15.2. The van der Waals surface area contributed by atoms with Crippen molar-refractivity contribution in [3.8, 4) is 0 Å². The Morgan fingerprint density at radius 1 is 1.23 bits per heavy atom. The van der Waals surface area contributed by atoms with Gasteiger partial charge in [0.25, 0.3) is 10.0 Å². The van der Waals surface area contributed by atoms with Gasteiger partial charge in [0, 0.05) is 12.7 Å². The van der Waals surface area contributed by atoms with Gasteiger partial charge < -0.3 is 4.74 Å². The molecule has 1 aromatic carbocycles. The first-order chi connectivity index (χ1) is 14.5. The van der Waals surface area contributed by atoms with Crippen molar-refractivity contribution in [3.63, 3.8) is 0 Å².